The van der Waals surface area contributed by atoms with E-state index in [1.807, 2.05) is 11.8 Å². The van der Waals surface area contributed by atoms with Gasteiger partial charge < -0.3 is 5.32 Å². The van der Waals surface area contributed by atoms with Crippen LogP contribution in [0, 0.1) is 5.92 Å². The highest BCUT2D eigenvalue weighted by Gasteiger charge is 2.30. The maximum atomic E-state index is 3.42. The molecule has 1 saturated carbocycles. The molecule has 2 rings (SSSR count). The first kappa shape index (κ1) is 11.0. The number of thioether (sulfide) groups is 1. The zero-order valence-electron chi connectivity index (χ0n) is 9.49. The second-order valence-electron chi connectivity index (χ2n) is 4.11. The maximum absolute atomic E-state index is 3.42. The molecule has 1 aliphatic rings. The van der Waals surface area contributed by atoms with E-state index in [-0.39, 0.29) is 0 Å². The number of hydrogen-bond donors (Lipinski definition) is 1. The molecular weight excluding hydrogens is 202 g/mol. The zero-order chi connectivity index (χ0) is 10.7. The molecule has 0 bridgehead atoms. The Balaban J connectivity index is 2.07. The molecule has 1 nitrogen and oxygen atoms in total. The molecule has 0 heterocycles. The van der Waals surface area contributed by atoms with E-state index >= 15 is 0 Å². The fourth-order valence-electron chi connectivity index (χ4n) is 2.04. The lowest BCUT2D eigenvalue weighted by Crippen LogP contribution is -2.17. The molecule has 0 amide bonds. The van der Waals surface area contributed by atoms with E-state index in [0.29, 0.717) is 6.04 Å². The van der Waals surface area contributed by atoms with Crippen LogP contribution in [0.15, 0.2) is 29.2 Å². The number of hydrogen-bond acceptors (Lipinski definition) is 2. The molecule has 1 aromatic carbocycles. The third kappa shape index (κ3) is 2.76. The van der Waals surface area contributed by atoms with E-state index in [1.54, 1.807) is 0 Å². The smallest absolute Gasteiger partial charge is 0.0346 e. The van der Waals surface area contributed by atoms with Crippen molar-refractivity contribution in [1.82, 2.24) is 5.32 Å². The molecule has 1 aliphatic carbocycles. The van der Waals surface area contributed by atoms with Gasteiger partial charge in [-0.15, -0.1) is 11.8 Å². The minimum absolute atomic E-state index is 0.575. The van der Waals surface area contributed by atoms with Crippen molar-refractivity contribution in [3.8, 4) is 0 Å². The summed E-state index contributed by atoms with van der Waals surface area (Å²) in [6.45, 7) is 2.19. The summed E-state index contributed by atoms with van der Waals surface area (Å²) in [6, 6.07) is 9.62. The average molecular weight is 221 g/mol. The highest BCUT2D eigenvalue weighted by atomic mass is 32.2. The molecule has 0 radical (unpaired) electrons. The van der Waals surface area contributed by atoms with Crippen LogP contribution < -0.4 is 5.32 Å². The van der Waals surface area contributed by atoms with Gasteiger partial charge in [0.15, 0.2) is 0 Å². The summed E-state index contributed by atoms with van der Waals surface area (Å²) < 4.78 is 0. The van der Waals surface area contributed by atoms with Crippen molar-refractivity contribution in [2.24, 2.45) is 5.92 Å². The number of rotatable bonds is 5. The first-order valence-electron chi connectivity index (χ1n) is 5.75. The molecule has 1 fully saturated rings. The lowest BCUT2D eigenvalue weighted by atomic mass is 10.0. The monoisotopic (exact) mass is 221 g/mol. The maximum Gasteiger partial charge on any atom is 0.0346 e. The van der Waals surface area contributed by atoms with Crippen molar-refractivity contribution < 1.29 is 0 Å². The topological polar surface area (TPSA) is 12.0 Å². The van der Waals surface area contributed by atoms with Gasteiger partial charge in [0.05, 0.1) is 0 Å². The molecule has 15 heavy (non-hydrogen) atoms. The molecule has 0 aromatic heterocycles. The molecule has 1 atom stereocenters. The molecule has 0 saturated heterocycles. The van der Waals surface area contributed by atoms with Gasteiger partial charge in [-0.3, -0.25) is 0 Å². The van der Waals surface area contributed by atoms with Gasteiger partial charge in [0.2, 0.25) is 0 Å². The van der Waals surface area contributed by atoms with Crippen LogP contribution in [0.5, 0.6) is 0 Å². The molecule has 0 aliphatic heterocycles. The molecule has 2 heteroatoms. The molecule has 1 aromatic rings. The SMILES string of the molecule is CCSc1ccc(C(NC)C2CC2)cc1. The Labute approximate surface area is 96.7 Å². The second kappa shape index (κ2) is 5.04. The summed E-state index contributed by atoms with van der Waals surface area (Å²) in [6.07, 6.45) is 2.77. The van der Waals surface area contributed by atoms with Gasteiger partial charge >= 0.3 is 0 Å². The summed E-state index contributed by atoms with van der Waals surface area (Å²) in [4.78, 5) is 1.38. The van der Waals surface area contributed by atoms with E-state index in [0.717, 1.165) is 11.7 Å². The average Bonchev–Trinajstić information content (AvgIpc) is 3.06. The van der Waals surface area contributed by atoms with Crippen molar-refractivity contribution in [1.29, 1.82) is 0 Å². The van der Waals surface area contributed by atoms with Crippen LogP contribution in [0.3, 0.4) is 0 Å². The highest BCUT2D eigenvalue weighted by molar-refractivity contribution is 7.99. The third-order valence-corrected chi connectivity index (χ3v) is 3.85. The van der Waals surface area contributed by atoms with Gasteiger partial charge in [0.1, 0.15) is 0 Å². The molecule has 1 N–H and O–H groups in total. The summed E-state index contributed by atoms with van der Waals surface area (Å²) >= 11 is 1.91. The van der Waals surface area contributed by atoms with Crippen LogP contribution in [-0.2, 0) is 0 Å². The minimum Gasteiger partial charge on any atom is -0.313 e. The summed E-state index contributed by atoms with van der Waals surface area (Å²) in [5, 5.41) is 3.42. The summed E-state index contributed by atoms with van der Waals surface area (Å²) in [5.74, 6) is 2.02. The zero-order valence-corrected chi connectivity index (χ0v) is 10.3. The minimum atomic E-state index is 0.575. The van der Waals surface area contributed by atoms with Crippen LogP contribution in [0.1, 0.15) is 31.4 Å². The van der Waals surface area contributed by atoms with Gasteiger partial charge in [-0.25, -0.2) is 0 Å². The standard InChI is InChI=1S/C13H19NS/c1-3-15-12-8-6-11(7-9-12)13(14-2)10-4-5-10/h6-10,13-14H,3-5H2,1-2H3. The van der Waals surface area contributed by atoms with Crippen LogP contribution >= 0.6 is 11.8 Å². The van der Waals surface area contributed by atoms with Gasteiger partial charge in [-0.1, -0.05) is 19.1 Å². The quantitative estimate of drug-likeness (QED) is 0.764. The van der Waals surface area contributed by atoms with Gasteiger partial charge in [0, 0.05) is 10.9 Å². The third-order valence-electron chi connectivity index (χ3n) is 2.95. The van der Waals surface area contributed by atoms with Crippen LogP contribution in [-0.4, -0.2) is 12.8 Å². The fraction of sp³-hybridized carbons (Fsp3) is 0.538. The van der Waals surface area contributed by atoms with Gasteiger partial charge in [-0.05, 0) is 49.3 Å². The first-order valence-corrected chi connectivity index (χ1v) is 6.73. The van der Waals surface area contributed by atoms with Crippen LogP contribution in [0.2, 0.25) is 0 Å². The van der Waals surface area contributed by atoms with Gasteiger partial charge in [0.25, 0.3) is 0 Å². The highest BCUT2D eigenvalue weighted by Crippen LogP contribution is 2.40. The molecule has 1 unspecified atom stereocenters. The van der Waals surface area contributed by atoms with Crippen molar-refractivity contribution in [2.75, 3.05) is 12.8 Å². The van der Waals surface area contributed by atoms with E-state index in [4.69, 9.17) is 0 Å². The molecule has 82 valence electrons. The number of nitrogens with one attached hydrogen (secondary N) is 1. The van der Waals surface area contributed by atoms with E-state index in [2.05, 4.69) is 43.6 Å². The predicted octanol–water partition coefficient (Wildman–Crippen LogP) is 3.47. The van der Waals surface area contributed by atoms with Crippen LogP contribution in [0.4, 0.5) is 0 Å². The van der Waals surface area contributed by atoms with E-state index in [9.17, 15) is 0 Å². The van der Waals surface area contributed by atoms with E-state index in [1.165, 1.54) is 23.3 Å². The normalized spacial score (nSPS) is 17.7. The lowest BCUT2D eigenvalue weighted by Gasteiger charge is -2.15. The van der Waals surface area contributed by atoms with Crippen LogP contribution in [0.25, 0.3) is 0 Å². The Hall–Kier alpha value is -0.470. The predicted molar refractivity (Wildman–Crippen MR) is 67.4 cm³/mol. The second-order valence-corrected chi connectivity index (χ2v) is 5.44. The Morgan fingerprint density at radius 2 is 2.00 bits per heavy atom. The largest absolute Gasteiger partial charge is 0.313 e. The van der Waals surface area contributed by atoms with Crippen molar-refractivity contribution in [3.63, 3.8) is 0 Å². The Kier molecular flexibility index (Phi) is 3.71. The first-order chi connectivity index (χ1) is 7.35. The van der Waals surface area contributed by atoms with Crippen molar-refractivity contribution in [3.05, 3.63) is 29.8 Å². The molecular formula is C13H19NS. The summed E-state index contributed by atoms with van der Waals surface area (Å²) in [5.41, 5.74) is 1.44. The van der Waals surface area contributed by atoms with Crippen molar-refractivity contribution in [2.45, 2.75) is 30.7 Å². The van der Waals surface area contributed by atoms with Gasteiger partial charge in [-0.2, -0.15) is 0 Å². The Morgan fingerprint density at radius 3 is 2.47 bits per heavy atom. The molecule has 0 spiro atoms. The number of benzene rings is 1. The fourth-order valence-corrected chi connectivity index (χ4v) is 2.70. The van der Waals surface area contributed by atoms with E-state index < -0.39 is 0 Å². The Bertz CT molecular complexity index is 303. The Morgan fingerprint density at radius 1 is 1.33 bits per heavy atom. The lowest BCUT2D eigenvalue weighted by molar-refractivity contribution is 0.528. The van der Waals surface area contributed by atoms with Crippen molar-refractivity contribution >= 4 is 11.8 Å². The summed E-state index contributed by atoms with van der Waals surface area (Å²) in [7, 11) is 2.07.